The summed E-state index contributed by atoms with van der Waals surface area (Å²) < 4.78 is 18.1. The number of nitrogens with one attached hydrogen (secondary N) is 1. The Bertz CT molecular complexity index is 701. The van der Waals surface area contributed by atoms with Crippen LogP contribution in [0.3, 0.4) is 0 Å². The highest BCUT2D eigenvalue weighted by molar-refractivity contribution is 5.97. The number of halogens is 1. The molecule has 0 saturated carbocycles. The van der Waals surface area contributed by atoms with E-state index in [9.17, 15) is 14.0 Å². The van der Waals surface area contributed by atoms with Gasteiger partial charge in [-0.1, -0.05) is 18.2 Å². The van der Waals surface area contributed by atoms with Crippen LogP contribution in [-0.2, 0) is 11.2 Å². The molecule has 0 saturated heterocycles. The summed E-state index contributed by atoms with van der Waals surface area (Å²) in [4.78, 5) is 23.8. The average molecular weight is 316 g/mol. The maximum atomic E-state index is 12.9. The SMILES string of the molecule is COc1ccccc1C[C@H](NC(=O)c1ccc(F)cc1)C(N)=O. The molecule has 0 aromatic heterocycles. The molecule has 2 aromatic carbocycles. The first-order chi connectivity index (χ1) is 11.0. The zero-order valence-electron chi connectivity index (χ0n) is 12.6. The molecule has 120 valence electrons. The summed E-state index contributed by atoms with van der Waals surface area (Å²) in [5.74, 6) is -0.994. The van der Waals surface area contributed by atoms with E-state index in [-0.39, 0.29) is 12.0 Å². The second-order valence-electron chi connectivity index (χ2n) is 4.95. The van der Waals surface area contributed by atoms with E-state index in [1.165, 1.54) is 31.4 Å². The van der Waals surface area contributed by atoms with Gasteiger partial charge in [0, 0.05) is 12.0 Å². The van der Waals surface area contributed by atoms with Gasteiger partial charge in [0.2, 0.25) is 5.91 Å². The van der Waals surface area contributed by atoms with Gasteiger partial charge in [-0.25, -0.2) is 4.39 Å². The van der Waals surface area contributed by atoms with Crippen molar-refractivity contribution in [2.24, 2.45) is 5.73 Å². The molecule has 5 nitrogen and oxygen atoms in total. The Morgan fingerprint density at radius 2 is 1.83 bits per heavy atom. The lowest BCUT2D eigenvalue weighted by molar-refractivity contribution is -0.119. The molecule has 0 spiro atoms. The molecule has 3 N–H and O–H groups in total. The predicted molar refractivity (Wildman–Crippen MR) is 83.5 cm³/mol. The summed E-state index contributed by atoms with van der Waals surface area (Å²) >= 11 is 0. The molecule has 0 unspecified atom stereocenters. The molecular weight excluding hydrogens is 299 g/mol. The number of methoxy groups -OCH3 is 1. The van der Waals surface area contributed by atoms with Crippen LogP contribution in [0.1, 0.15) is 15.9 Å². The van der Waals surface area contributed by atoms with Crippen molar-refractivity contribution in [1.29, 1.82) is 0 Å². The molecule has 6 heteroatoms. The lowest BCUT2D eigenvalue weighted by Crippen LogP contribution is -2.45. The minimum atomic E-state index is -0.899. The first kappa shape index (κ1) is 16.5. The van der Waals surface area contributed by atoms with Crippen molar-refractivity contribution >= 4 is 11.8 Å². The number of ether oxygens (including phenoxy) is 1. The molecule has 0 heterocycles. The Hall–Kier alpha value is -2.89. The average Bonchev–Trinajstić information content (AvgIpc) is 2.55. The third-order valence-electron chi connectivity index (χ3n) is 3.37. The Kier molecular flexibility index (Phi) is 5.30. The number of amides is 2. The van der Waals surface area contributed by atoms with Gasteiger partial charge < -0.3 is 15.8 Å². The van der Waals surface area contributed by atoms with Crippen molar-refractivity contribution in [2.75, 3.05) is 7.11 Å². The van der Waals surface area contributed by atoms with Crippen LogP contribution in [0.15, 0.2) is 48.5 Å². The summed E-state index contributed by atoms with van der Waals surface area (Å²) in [5.41, 5.74) is 6.37. The number of para-hydroxylation sites is 1. The standard InChI is InChI=1S/C17H17FN2O3/c1-23-15-5-3-2-4-12(15)10-14(16(19)21)20-17(22)11-6-8-13(18)9-7-11/h2-9,14H,10H2,1H3,(H2,19,21)(H,20,22)/t14-/m0/s1. The topological polar surface area (TPSA) is 81.4 Å². The smallest absolute Gasteiger partial charge is 0.251 e. The first-order valence-corrected chi connectivity index (χ1v) is 6.99. The maximum absolute atomic E-state index is 12.9. The third-order valence-corrected chi connectivity index (χ3v) is 3.37. The molecule has 0 aliphatic carbocycles. The van der Waals surface area contributed by atoms with E-state index in [1.807, 2.05) is 0 Å². The quantitative estimate of drug-likeness (QED) is 0.850. The molecule has 1 atom stereocenters. The second kappa shape index (κ2) is 7.40. The number of hydrogen-bond acceptors (Lipinski definition) is 3. The molecule has 0 aliphatic rings. The van der Waals surface area contributed by atoms with Gasteiger partial charge in [0.05, 0.1) is 7.11 Å². The molecule has 0 radical (unpaired) electrons. The Balaban J connectivity index is 2.14. The van der Waals surface area contributed by atoms with Crippen molar-refractivity contribution in [1.82, 2.24) is 5.32 Å². The van der Waals surface area contributed by atoms with Crippen LogP contribution >= 0.6 is 0 Å². The summed E-state index contributed by atoms with van der Waals surface area (Å²) in [7, 11) is 1.52. The van der Waals surface area contributed by atoms with Gasteiger partial charge in [0.15, 0.2) is 0 Å². The van der Waals surface area contributed by atoms with Crippen LogP contribution in [0.5, 0.6) is 5.75 Å². The minimum absolute atomic E-state index is 0.201. The summed E-state index contributed by atoms with van der Waals surface area (Å²) in [6, 6.07) is 11.3. The molecule has 0 bridgehead atoms. The van der Waals surface area contributed by atoms with E-state index < -0.39 is 23.7 Å². The van der Waals surface area contributed by atoms with Crippen molar-refractivity contribution in [3.8, 4) is 5.75 Å². The van der Waals surface area contributed by atoms with Crippen molar-refractivity contribution in [2.45, 2.75) is 12.5 Å². The fourth-order valence-corrected chi connectivity index (χ4v) is 2.16. The second-order valence-corrected chi connectivity index (χ2v) is 4.95. The third kappa shape index (κ3) is 4.29. The molecule has 2 amide bonds. The lowest BCUT2D eigenvalue weighted by atomic mass is 10.0. The zero-order valence-corrected chi connectivity index (χ0v) is 12.6. The van der Waals surface area contributed by atoms with Crippen LogP contribution in [0.25, 0.3) is 0 Å². The van der Waals surface area contributed by atoms with E-state index in [2.05, 4.69) is 5.32 Å². The molecule has 0 aliphatic heterocycles. The molecule has 0 fully saturated rings. The van der Waals surface area contributed by atoms with Gasteiger partial charge >= 0.3 is 0 Å². The van der Waals surface area contributed by atoms with Crippen LogP contribution in [0.4, 0.5) is 4.39 Å². The normalized spacial score (nSPS) is 11.6. The number of benzene rings is 2. The van der Waals surface area contributed by atoms with Gasteiger partial charge in [0.1, 0.15) is 17.6 Å². The summed E-state index contributed by atoms with van der Waals surface area (Å²) in [6.45, 7) is 0. The molecule has 2 rings (SSSR count). The van der Waals surface area contributed by atoms with E-state index in [0.717, 1.165) is 5.56 Å². The number of carbonyl (C=O) groups excluding carboxylic acids is 2. The molecule has 2 aromatic rings. The van der Waals surface area contributed by atoms with Crippen LogP contribution < -0.4 is 15.8 Å². The number of rotatable bonds is 6. The zero-order chi connectivity index (χ0) is 16.8. The van der Waals surface area contributed by atoms with E-state index in [0.29, 0.717) is 5.75 Å². The van der Waals surface area contributed by atoms with Gasteiger partial charge in [-0.2, -0.15) is 0 Å². The van der Waals surface area contributed by atoms with Gasteiger partial charge in [-0.05, 0) is 35.9 Å². The number of carbonyl (C=O) groups is 2. The highest BCUT2D eigenvalue weighted by Gasteiger charge is 2.21. The Morgan fingerprint density at radius 1 is 1.17 bits per heavy atom. The van der Waals surface area contributed by atoms with Gasteiger partial charge in [-0.3, -0.25) is 9.59 Å². The summed E-state index contributed by atoms with van der Waals surface area (Å²) in [6.07, 6.45) is 0.201. The molecular formula is C17H17FN2O3. The van der Waals surface area contributed by atoms with Gasteiger partial charge in [0.25, 0.3) is 5.91 Å². The summed E-state index contributed by atoms with van der Waals surface area (Å²) in [5, 5.41) is 2.56. The van der Waals surface area contributed by atoms with Crippen LogP contribution in [0.2, 0.25) is 0 Å². The van der Waals surface area contributed by atoms with Crippen molar-refractivity contribution < 1.29 is 18.7 Å². The molecule has 23 heavy (non-hydrogen) atoms. The lowest BCUT2D eigenvalue weighted by Gasteiger charge is -2.17. The van der Waals surface area contributed by atoms with Crippen LogP contribution in [-0.4, -0.2) is 25.0 Å². The largest absolute Gasteiger partial charge is 0.496 e. The van der Waals surface area contributed by atoms with E-state index in [4.69, 9.17) is 10.5 Å². The number of primary amides is 1. The fraction of sp³-hybridized carbons (Fsp3) is 0.176. The monoisotopic (exact) mass is 316 g/mol. The highest BCUT2D eigenvalue weighted by Crippen LogP contribution is 2.19. The van der Waals surface area contributed by atoms with Crippen molar-refractivity contribution in [3.05, 3.63) is 65.5 Å². The Labute approximate surface area is 133 Å². The minimum Gasteiger partial charge on any atom is -0.496 e. The number of nitrogens with two attached hydrogens (primary N) is 1. The fourth-order valence-electron chi connectivity index (χ4n) is 2.16. The van der Waals surface area contributed by atoms with E-state index in [1.54, 1.807) is 24.3 Å². The van der Waals surface area contributed by atoms with Crippen molar-refractivity contribution in [3.63, 3.8) is 0 Å². The maximum Gasteiger partial charge on any atom is 0.251 e. The van der Waals surface area contributed by atoms with E-state index >= 15 is 0 Å². The predicted octanol–water partition coefficient (Wildman–Crippen LogP) is 1.66. The van der Waals surface area contributed by atoms with Crippen LogP contribution in [0, 0.1) is 5.82 Å². The number of hydrogen-bond donors (Lipinski definition) is 2. The Morgan fingerprint density at radius 3 is 2.43 bits per heavy atom. The van der Waals surface area contributed by atoms with Gasteiger partial charge in [-0.15, -0.1) is 0 Å². The highest BCUT2D eigenvalue weighted by atomic mass is 19.1. The first-order valence-electron chi connectivity index (χ1n) is 6.99.